The Morgan fingerprint density at radius 3 is 2.68 bits per heavy atom. The highest BCUT2D eigenvalue weighted by Crippen LogP contribution is 2.41. The highest BCUT2D eigenvalue weighted by Gasteiger charge is 2.41. The second-order valence-electron chi connectivity index (χ2n) is 5.22. The minimum Gasteiger partial charge on any atom is -0.373 e. The summed E-state index contributed by atoms with van der Waals surface area (Å²) in [5, 5.41) is 3.31. The minimum absolute atomic E-state index is 0.00375. The van der Waals surface area contributed by atoms with Gasteiger partial charge in [-0.1, -0.05) is 19.3 Å². The average molecular weight is 266 g/mol. The van der Waals surface area contributed by atoms with Crippen LogP contribution in [0.5, 0.6) is 0 Å². The summed E-state index contributed by atoms with van der Waals surface area (Å²) in [6.45, 7) is 2.70. The highest BCUT2D eigenvalue weighted by molar-refractivity contribution is 5.20. The number of nitrogens with one attached hydrogen (secondary N) is 1. The number of likely N-dealkylation sites (N-methyl/N-ethyl adjacent to an activating group) is 1. The molecule has 0 radical (unpaired) electrons. The maximum absolute atomic E-state index is 13.4. The van der Waals surface area contributed by atoms with Gasteiger partial charge in [-0.2, -0.15) is 0 Å². The molecule has 1 N–H and O–H groups in total. The van der Waals surface area contributed by atoms with Crippen LogP contribution < -0.4 is 5.32 Å². The van der Waals surface area contributed by atoms with Crippen LogP contribution in [-0.2, 0) is 4.74 Å². The number of halogens is 1. The molecule has 0 saturated heterocycles. The van der Waals surface area contributed by atoms with Gasteiger partial charge in [-0.25, -0.2) is 4.39 Å². The molecule has 1 unspecified atom stereocenters. The van der Waals surface area contributed by atoms with E-state index >= 15 is 0 Å². The van der Waals surface area contributed by atoms with Crippen LogP contribution in [0.15, 0.2) is 18.5 Å². The van der Waals surface area contributed by atoms with E-state index < -0.39 is 0 Å². The van der Waals surface area contributed by atoms with Crippen molar-refractivity contribution in [3.05, 3.63) is 29.8 Å². The van der Waals surface area contributed by atoms with Gasteiger partial charge in [-0.05, 0) is 38.4 Å². The molecule has 0 aromatic carbocycles. The lowest BCUT2D eigenvalue weighted by molar-refractivity contribution is -0.0899. The van der Waals surface area contributed by atoms with Crippen molar-refractivity contribution >= 4 is 0 Å². The first kappa shape index (κ1) is 14.4. The lowest BCUT2D eigenvalue weighted by Gasteiger charge is -2.43. The van der Waals surface area contributed by atoms with Gasteiger partial charge >= 0.3 is 0 Å². The number of nitrogens with zero attached hydrogens (tertiary/aromatic N) is 1. The molecular weight excluding hydrogens is 243 g/mol. The second kappa shape index (κ2) is 6.44. The number of ether oxygens (including phenoxy) is 1. The van der Waals surface area contributed by atoms with Crippen LogP contribution in [-0.4, -0.2) is 24.2 Å². The van der Waals surface area contributed by atoms with E-state index in [0.717, 1.165) is 18.4 Å². The van der Waals surface area contributed by atoms with E-state index in [4.69, 9.17) is 4.74 Å². The molecule has 1 heterocycles. The zero-order valence-corrected chi connectivity index (χ0v) is 11.8. The van der Waals surface area contributed by atoms with Crippen molar-refractivity contribution in [2.45, 2.75) is 50.7 Å². The molecule has 4 heteroatoms. The van der Waals surface area contributed by atoms with E-state index in [1.165, 1.54) is 25.5 Å². The van der Waals surface area contributed by atoms with E-state index in [0.29, 0.717) is 6.61 Å². The van der Waals surface area contributed by atoms with E-state index in [9.17, 15) is 4.39 Å². The van der Waals surface area contributed by atoms with Gasteiger partial charge in [-0.15, -0.1) is 0 Å². The largest absolute Gasteiger partial charge is 0.373 e. The molecule has 3 nitrogen and oxygen atoms in total. The molecule has 1 atom stereocenters. The van der Waals surface area contributed by atoms with Gasteiger partial charge in [0, 0.05) is 12.8 Å². The molecule has 2 rings (SSSR count). The van der Waals surface area contributed by atoms with Gasteiger partial charge in [0.15, 0.2) is 0 Å². The zero-order valence-electron chi connectivity index (χ0n) is 11.8. The quantitative estimate of drug-likeness (QED) is 0.888. The molecule has 1 saturated carbocycles. The smallest absolute Gasteiger partial charge is 0.141 e. The summed E-state index contributed by atoms with van der Waals surface area (Å²) in [4.78, 5) is 3.97. The molecule has 0 spiro atoms. The maximum atomic E-state index is 13.4. The van der Waals surface area contributed by atoms with Crippen molar-refractivity contribution in [2.75, 3.05) is 13.7 Å². The third kappa shape index (κ3) is 3.12. The van der Waals surface area contributed by atoms with Crippen molar-refractivity contribution < 1.29 is 9.13 Å². The Morgan fingerprint density at radius 1 is 1.37 bits per heavy atom. The number of hydrogen-bond acceptors (Lipinski definition) is 3. The maximum Gasteiger partial charge on any atom is 0.141 e. The molecule has 1 aliphatic rings. The second-order valence-corrected chi connectivity index (χ2v) is 5.22. The van der Waals surface area contributed by atoms with Crippen LogP contribution in [0.1, 0.15) is 50.6 Å². The number of hydrogen-bond donors (Lipinski definition) is 1. The molecule has 106 valence electrons. The lowest BCUT2D eigenvalue weighted by Crippen LogP contribution is -2.46. The SMILES string of the molecule is CCOC1(C(NC)c2cncc(F)c2)CCCCC1. The molecule has 1 aromatic rings. The summed E-state index contributed by atoms with van der Waals surface area (Å²) in [5.74, 6) is -0.291. The van der Waals surface area contributed by atoms with Crippen LogP contribution in [0.3, 0.4) is 0 Å². The summed E-state index contributed by atoms with van der Waals surface area (Å²) in [6, 6.07) is 1.56. The molecule has 1 aromatic heterocycles. The molecule has 0 amide bonds. The Morgan fingerprint density at radius 2 is 2.11 bits per heavy atom. The van der Waals surface area contributed by atoms with Crippen molar-refractivity contribution in [1.29, 1.82) is 0 Å². The fraction of sp³-hybridized carbons (Fsp3) is 0.667. The Kier molecular flexibility index (Phi) is 4.88. The average Bonchev–Trinajstić information content (AvgIpc) is 2.41. The van der Waals surface area contributed by atoms with Crippen LogP contribution in [0, 0.1) is 5.82 Å². The third-order valence-corrected chi connectivity index (χ3v) is 4.01. The van der Waals surface area contributed by atoms with Gasteiger partial charge in [0.25, 0.3) is 0 Å². The van der Waals surface area contributed by atoms with Crippen molar-refractivity contribution in [1.82, 2.24) is 10.3 Å². The summed E-state index contributed by atoms with van der Waals surface area (Å²) in [7, 11) is 1.91. The Balaban J connectivity index is 2.31. The molecule has 0 bridgehead atoms. The Labute approximate surface area is 114 Å². The first-order valence-corrected chi connectivity index (χ1v) is 7.13. The molecule has 19 heavy (non-hydrogen) atoms. The zero-order chi connectivity index (χ0) is 13.7. The van der Waals surface area contributed by atoms with E-state index in [1.807, 2.05) is 14.0 Å². The van der Waals surface area contributed by atoms with Gasteiger partial charge in [0.05, 0.1) is 17.8 Å². The van der Waals surface area contributed by atoms with Gasteiger partial charge < -0.3 is 10.1 Å². The highest BCUT2D eigenvalue weighted by atomic mass is 19.1. The lowest BCUT2D eigenvalue weighted by atomic mass is 9.77. The standard InChI is InChI=1S/C15H23FN2O/c1-3-19-15(7-5-4-6-8-15)14(17-2)12-9-13(16)11-18-10-12/h9-11,14,17H,3-8H2,1-2H3. The number of rotatable bonds is 5. The van der Waals surface area contributed by atoms with Crippen LogP contribution >= 0.6 is 0 Å². The molecule has 1 fully saturated rings. The topological polar surface area (TPSA) is 34.1 Å². The van der Waals surface area contributed by atoms with Crippen LogP contribution in [0.2, 0.25) is 0 Å². The van der Waals surface area contributed by atoms with E-state index in [2.05, 4.69) is 10.3 Å². The van der Waals surface area contributed by atoms with Gasteiger partial charge in [-0.3, -0.25) is 4.98 Å². The monoisotopic (exact) mass is 266 g/mol. The fourth-order valence-corrected chi connectivity index (χ4v) is 3.27. The predicted octanol–water partition coefficient (Wildman–Crippen LogP) is 3.22. The normalized spacial score (nSPS) is 20.2. The van der Waals surface area contributed by atoms with E-state index in [-0.39, 0.29) is 17.5 Å². The van der Waals surface area contributed by atoms with Crippen LogP contribution in [0.4, 0.5) is 4.39 Å². The van der Waals surface area contributed by atoms with E-state index in [1.54, 1.807) is 12.3 Å². The van der Waals surface area contributed by atoms with Gasteiger partial charge in [0.1, 0.15) is 5.82 Å². The summed E-state index contributed by atoms with van der Waals surface area (Å²) >= 11 is 0. The van der Waals surface area contributed by atoms with Crippen molar-refractivity contribution in [3.8, 4) is 0 Å². The molecule has 1 aliphatic carbocycles. The van der Waals surface area contributed by atoms with Crippen LogP contribution in [0.25, 0.3) is 0 Å². The van der Waals surface area contributed by atoms with Crippen molar-refractivity contribution in [3.63, 3.8) is 0 Å². The summed E-state index contributed by atoms with van der Waals surface area (Å²) in [5.41, 5.74) is 0.648. The first-order chi connectivity index (χ1) is 9.22. The minimum atomic E-state index is -0.291. The predicted molar refractivity (Wildman–Crippen MR) is 73.4 cm³/mol. The first-order valence-electron chi connectivity index (χ1n) is 7.13. The third-order valence-electron chi connectivity index (χ3n) is 4.01. The number of pyridine rings is 1. The summed E-state index contributed by atoms with van der Waals surface area (Å²) < 4.78 is 19.5. The number of aromatic nitrogens is 1. The molecular formula is C15H23FN2O. The summed E-state index contributed by atoms with van der Waals surface area (Å²) in [6.07, 6.45) is 8.60. The Hall–Kier alpha value is -1.00. The Bertz CT molecular complexity index is 399. The van der Waals surface area contributed by atoms with Gasteiger partial charge in [0.2, 0.25) is 0 Å². The van der Waals surface area contributed by atoms with Crippen molar-refractivity contribution in [2.24, 2.45) is 0 Å². The fourth-order valence-electron chi connectivity index (χ4n) is 3.27. The molecule has 0 aliphatic heterocycles.